The Kier molecular flexibility index (Phi) is 5.50. The van der Waals surface area contributed by atoms with Gasteiger partial charge >= 0.3 is 0 Å². The predicted molar refractivity (Wildman–Crippen MR) is 68.6 cm³/mol. The lowest BCUT2D eigenvalue weighted by Crippen LogP contribution is -2.32. The van der Waals surface area contributed by atoms with Crippen LogP contribution in [0, 0.1) is 6.92 Å². The van der Waals surface area contributed by atoms with Crippen LogP contribution in [0.5, 0.6) is 0 Å². The van der Waals surface area contributed by atoms with Crippen molar-refractivity contribution in [1.82, 2.24) is 5.32 Å². The minimum atomic E-state index is -0.247. The fraction of sp³-hybridized carbons (Fsp3) is 0.571. The molecule has 0 spiro atoms. The Labute approximate surface area is 98.7 Å². The molecule has 0 aliphatic heterocycles. The van der Waals surface area contributed by atoms with Crippen LogP contribution in [0.3, 0.4) is 0 Å². The molecule has 2 N–H and O–H groups in total. The number of aliphatic hydroxyl groups is 1. The lowest BCUT2D eigenvalue weighted by Gasteiger charge is -2.13. The highest BCUT2D eigenvalue weighted by atomic mass is 16.3. The summed E-state index contributed by atoms with van der Waals surface area (Å²) in [6.45, 7) is 6.95. The predicted octanol–water partition coefficient (Wildman–Crippen LogP) is 2.29. The van der Waals surface area contributed by atoms with E-state index >= 15 is 0 Å². The molecule has 1 unspecified atom stereocenters. The molecular formula is C14H23NO. The van der Waals surface area contributed by atoms with Crippen molar-refractivity contribution in [3.05, 3.63) is 35.4 Å². The van der Waals surface area contributed by atoms with E-state index in [1.807, 2.05) is 0 Å². The number of rotatable bonds is 6. The van der Waals surface area contributed by atoms with Crippen molar-refractivity contribution in [2.75, 3.05) is 6.54 Å². The monoisotopic (exact) mass is 221 g/mol. The topological polar surface area (TPSA) is 32.3 Å². The maximum Gasteiger partial charge on any atom is 0.0667 e. The Hall–Kier alpha value is -0.860. The average molecular weight is 221 g/mol. The van der Waals surface area contributed by atoms with Crippen molar-refractivity contribution in [2.45, 2.75) is 45.8 Å². The molecule has 2 heteroatoms. The SMILES string of the molecule is Cc1ccc(CCC(O)CNC(C)C)cc1. The first-order valence-electron chi connectivity index (χ1n) is 6.05. The number of benzene rings is 1. The summed E-state index contributed by atoms with van der Waals surface area (Å²) < 4.78 is 0. The van der Waals surface area contributed by atoms with E-state index in [0.29, 0.717) is 12.6 Å². The summed E-state index contributed by atoms with van der Waals surface area (Å²) in [7, 11) is 0. The molecule has 0 aromatic heterocycles. The molecule has 0 aliphatic rings. The molecule has 0 amide bonds. The van der Waals surface area contributed by atoms with Crippen LogP contribution in [0.15, 0.2) is 24.3 Å². The molecule has 1 aromatic carbocycles. The third-order valence-corrected chi connectivity index (χ3v) is 2.65. The van der Waals surface area contributed by atoms with Gasteiger partial charge in [0, 0.05) is 12.6 Å². The summed E-state index contributed by atoms with van der Waals surface area (Å²) in [6, 6.07) is 8.95. The summed E-state index contributed by atoms with van der Waals surface area (Å²) in [5.41, 5.74) is 2.58. The van der Waals surface area contributed by atoms with E-state index in [9.17, 15) is 5.11 Å². The molecule has 0 heterocycles. The molecule has 90 valence electrons. The van der Waals surface area contributed by atoms with E-state index < -0.39 is 0 Å². The fourth-order valence-electron chi connectivity index (χ4n) is 1.56. The molecule has 0 fully saturated rings. The fourth-order valence-corrected chi connectivity index (χ4v) is 1.56. The molecule has 16 heavy (non-hydrogen) atoms. The molecule has 1 rings (SSSR count). The van der Waals surface area contributed by atoms with E-state index in [4.69, 9.17) is 0 Å². The summed E-state index contributed by atoms with van der Waals surface area (Å²) in [4.78, 5) is 0. The summed E-state index contributed by atoms with van der Waals surface area (Å²) in [6.07, 6.45) is 1.52. The van der Waals surface area contributed by atoms with Gasteiger partial charge in [-0.25, -0.2) is 0 Å². The van der Waals surface area contributed by atoms with Crippen LogP contribution in [0.1, 0.15) is 31.4 Å². The van der Waals surface area contributed by atoms with Crippen LogP contribution in [-0.2, 0) is 6.42 Å². The minimum absolute atomic E-state index is 0.247. The summed E-state index contributed by atoms with van der Waals surface area (Å²) >= 11 is 0. The van der Waals surface area contributed by atoms with Gasteiger partial charge in [0.1, 0.15) is 0 Å². The van der Waals surface area contributed by atoms with E-state index in [-0.39, 0.29) is 6.10 Å². The van der Waals surface area contributed by atoms with Crippen molar-refractivity contribution < 1.29 is 5.11 Å². The third-order valence-electron chi connectivity index (χ3n) is 2.65. The van der Waals surface area contributed by atoms with E-state index in [1.165, 1.54) is 11.1 Å². The zero-order chi connectivity index (χ0) is 12.0. The van der Waals surface area contributed by atoms with Crippen LogP contribution in [0.4, 0.5) is 0 Å². The minimum Gasteiger partial charge on any atom is -0.392 e. The summed E-state index contributed by atoms with van der Waals surface area (Å²) in [5.74, 6) is 0. The quantitative estimate of drug-likeness (QED) is 0.772. The van der Waals surface area contributed by atoms with Crippen molar-refractivity contribution in [2.24, 2.45) is 0 Å². The Balaban J connectivity index is 2.26. The van der Waals surface area contributed by atoms with Crippen LogP contribution >= 0.6 is 0 Å². The zero-order valence-corrected chi connectivity index (χ0v) is 10.5. The molecule has 0 bridgehead atoms. The maximum absolute atomic E-state index is 9.75. The van der Waals surface area contributed by atoms with E-state index in [2.05, 4.69) is 50.4 Å². The second-order valence-electron chi connectivity index (χ2n) is 4.74. The third kappa shape index (κ3) is 5.29. The number of hydrogen-bond acceptors (Lipinski definition) is 2. The van der Waals surface area contributed by atoms with Gasteiger partial charge in [-0.3, -0.25) is 0 Å². The standard InChI is InChI=1S/C14H23NO/c1-11(2)15-10-14(16)9-8-13-6-4-12(3)5-7-13/h4-7,11,14-16H,8-10H2,1-3H3. The van der Waals surface area contributed by atoms with Crippen molar-refractivity contribution in [3.63, 3.8) is 0 Å². The molecular weight excluding hydrogens is 198 g/mol. The average Bonchev–Trinajstić information content (AvgIpc) is 2.25. The number of hydrogen-bond donors (Lipinski definition) is 2. The zero-order valence-electron chi connectivity index (χ0n) is 10.5. The highest BCUT2D eigenvalue weighted by Crippen LogP contribution is 2.07. The van der Waals surface area contributed by atoms with Crippen LogP contribution in [0.25, 0.3) is 0 Å². The highest BCUT2D eigenvalue weighted by Gasteiger charge is 2.04. The van der Waals surface area contributed by atoms with Gasteiger partial charge < -0.3 is 10.4 Å². The van der Waals surface area contributed by atoms with E-state index in [0.717, 1.165) is 12.8 Å². The van der Waals surface area contributed by atoms with Gasteiger partial charge in [-0.05, 0) is 25.3 Å². The summed E-state index contributed by atoms with van der Waals surface area (Å²) in [5, 5.41) is 13.0. The van der Waals surface area contributed by atoms with Gasteiger partial charge in [-0.1, -0.05) is 43.7 Å². The first-order chi connectivity index (χ1) is 7.58. The molecule has 0 radical (unpaired) electrons. The molecule has 0 saturated heterocycles. The van der Waals surface area contributed by atoms with Gasteiger partial charge in [-0.2, -0.15) is 0 Å². The van der Waals surface area contributed by atoms with Crippen molar-refractivity contribution >= 4 is 0 Å². The molecule has 1 atom stereocenters. The number of aliphatic hydroxyl groups excluding tert-OH is 1. The molecule has 0 aliphatic carbocycles. The van der Waals surface area contributed by atoms with Crippen molar-refractivity contribution in [3.8, 4) is 0 Å². The van der Waals surface area contributed by atoms with Crippen LogP contribution < -0.4 is 5.32 Å². The Morgan fingerprint density at radius 2 is 1.81 bits per heavy atom. The molecule has 1 aromatic rings. The number of nitrogens with one attached hydrogen (secondary N) is 1. The Bertz CT molecular complexity index is 292. The molecule has 0 saturated carbocycles. The van der Waals surface area contributed by atoms with Crippen LogP contribution in [-0.4, -0.2) is 23.8 Å². The first kappa shape index (κ1) is 13.2. The van der Waals surface area contributed by atoms with Gasteiger partial charge in [0.05, 0.1) is 6.10 Å². The van der Waals surface area contributed by atoms with Crippen LogP contribution in [0.2, 0.25) is 0 Å². The maximum atomic E-state index is 9.75. The van der Waals surface area contributed by atoms with Gasteiger partial charge in [0.25, 0.3) is 0 Å². The largest absolute Gasteiger partial charge is 0.392 e. The normalized spacial score (nSPS) is 13.1. The Morgan fingerprint density at radius 1 is 1.19 bits per heavy atom. The van der Waals surface area contributed by atoms with Gasteiger partial charge in [-0.15, -0.1) is 0 Å². The highest BCUT2D eigenvalue weighted by molar-refractivity contribution is 5.21. The van der Waals surface area contributed by atoms with E-state index in [1.54, 1.807) is 0 Å². The van der Waals surface area contributed by atoms with Gasteiger partial charge in [0.2, 0.25) is 0 Å². The smallest absolute Gasteiger partial charge is 0.0667 e. The first-order valence-corrected chi connectivity index (χ1v) is 6.05. The van der Waals surface area contributed by atoms with Crippen molar-refractivity contribution in [1.29, 1.82) is 0 Å². The van der Waals surface area contributed by atoms with Gasteiger partial charge in [0.15, 0.2) is 0 Å². The second kappa shape index (κ2) is 6.66. The Morgan fingerprint density at radius 3 is 2.38 bits per heavy atom. The lowest BCUT2D eigenvalue weighted by molar-refractivity contribution is 0.159. The molecule has 2 nitrogen and oxygen atoms in total. The lowest BCUT2D eigenvalue weighted by atomic mass is 10.1. The number of aryl methyl sites for hydroxylation is 2. The second-order valence-corrected chi connectivity index (χ2v) is 4.74.